The van der Waals surface area contributed by atoms with Gasteiger partial charge in [0.05, 0.1) is 5.69 Å². The molecule has 0 aliphatic carbocycles. The highest BCUT2D eigenvalue weighted by atomic mass is 79.9. The highest BCUT2D eigenvalue weighted by Crippen LogP contribution is 2.22. The highest BCUT2D eigenvalue weighted by molar-refractivity contribution is 9.10. The second-order valence-corrected chi connectivity index (χ2v) is 7.98. The highest BCUT2D eigenvalue weighted by Gasteiger charge is 2.15. The topological polar surface area (TPSA) is 76.1 Å². The molecule has 6 nitrogen and oxygen atoms in total. The predicted molar refractivity (Wildman–Crippen MR) is 130 cm³/mol. The minimum atomic E-state index is -0.633. The molecule has 0 radical (unpaired) electrons. The van der Waals surface area contributed by atoms with Crippen LogP contribution in [-0.4, -0.2) is 22.0 Å². The first-order chi connectivity index (χ1) is 15.6. The average Bonchev–Trinajstić information content (AvgIpc) is 2.82. The van der Waals surface area contributed by atoms with E-state index in [0.717, 1.165) is 21.4 Å². The number of aromatic nitrogens is 2. The number of ether oxygens (including phenoxy) is 1. The van der Waals surface area contributed by atoms with Gasteiger partial charge in [-0.3, -0.25) is 4.79 Å². The van der Waals surface area contributed by atoms with Gasteiger partial charge in [-0.05, 0) is 55.5 Å². The molecular weight excluding hydrogens is 468 g/mol. The van der Waals surface area contributed by atoms with E-state index < -0.39 is 6.10 Å². The van der Waals surface area contributed by atoms with Crippen LogP contribution in [-0.2, 0) is 4.79 Å². The van der Waals surface area contributed by atoms with Crippen molar-refractivity contribution < 1.29 is 9.53 Å². The second-order valence-electron chi connectivity index (χ2n) is 7.06. The SMILES string of the molecule is CC(Oc1ccc(Br)cc1)C(=O)Nc1ccc(Nc2cc(-c3ccccc3)ncn2)cc1. The van der Waals surface area contributed by atoms with Gasteiger partial charge < -0.3 is 15.4 Å². The Labute approximate surface area is 194 Å². The molecule has 2 N–H and O–H groups in total. The normalized spacial score (nSPS) is 11.4. The van der Waals surface area contributed by atoms with Crippen molar-refractivity contribution in [1.29, 1.82) is 0 Å². The molecular formula is C25H21BrN4O2. The molecule has 0 saturated carbocycles. The molecule has 1 unspecified atom stereocenters. The van der Waals surface area contributed by atoms with Gasteiger partial charge in [0.2, 0.25) is 0 Å². The van der Waals surface area contributed by atoms with E-state index >= 15 is 0 Å². The van der Waals surface area contributed by atoms with E-state index in [1.54, 1.807) is 6.92 Å². The molecule has 3 aromatic carbocycles. The van der Waals surface area contributed by atoms with Crippen molar-refractivity contribution in [3.8, 4) is 17.0 Å². The van der Waals surface area contributed by atoms with Crippen molar-refractivity contribution >= 4 is 39.0 Å². The Hall–Kier alpha value is -3.71. The maximum atomic E-state index is 12.5. The largest absolute Gasteiger partial charge is 0.481 e. The number of carbonyl (C=O) groups is 1. The summed E-state index contributed by atoms with van der Waals surface area (Å²) < 4.78 is 6.65. The van der Waals surface area contributed by atoms with Crippen molar-refractivity contribution in [3.63, 3.8) is 0 Å². The van der Waals surface area contributed by atoms with Crippen molar-refractivity contribution in [3.05, 3.63) is 95.7 Å². The summed E-state index contributed by atoms with van der Waals surface area (Å²) in [5.41, 5.74) is 3.39. The summed E-state index contributed by atoms with van der Waals surface area (Å²) in [6, 6.07) is 26.6. The van der Waals surface area contributed by atoms with Crippen molar-refractivity contribution in [2.24, 2.45) is 0 Å². The molecule has 7 heteroatoms. The minimum absolute atomic E-state index is 0.225. The number of nitrogens with one attached hydrogen (secondary N) is 2. The number of amides is 1. The monoisotopic (exact) mass is 488 g/mol. The summed E-state index contributed by atoms with van der Waals surface area (Å²) in [5, 5.41) is 6.13. The fourth-order valence-corrected chi connectivity index (χ4v) is 3.26. The summed E-state index contributed by atoms with van der Waals surface area (Å²) in [6.07, 6.45) is 0.901. The van der Waals surface area contributed by atoms with Crippen LogP contribution in [0.2, 0.25) is 0 Å². The first kappa shape index (κ1) is 21.5. The van der Waals surface area contributed by atoms with Crippen LogP contribution in [0.25, 0.3) is 11.3 Å². The third kappa shape index (κ3) is 5.70. The first-order valence-electron chi connectivity index (χ1n) is 10.0. The maximum Gasteiger partial charge on any atom is 0.265 e. The third-order valence-electron chi connectivity index (χ3n) is 4.66. The van der Waals surface area contributed by atoms with Gasteiger partial charge in [0, 0.05) is 27.5 Å². The lowest BCUT2D eigenvalue weighted by Crippen LogP contribution is -2.30. The van der Waals surface area contributed by atoms with Crippen molar-refractivity contribution in [2.75, 3.05) is 10.6 Å². The molecule has 1 aromatic heterocycles. The van der Waals surface area contributed by atoms with E-state index in [1.165, 1.54) is 6.33 Å². The van der Waals surface area contributed by atoms with E-state index in [0.29, 0.717) is 17.3 Å². The molecule has 0 saturated heterocycles. The molecule has 0 aliphatic rings. The molecule has 4 aromatic rings. The van der Waals surface area contributed by atoms with Crippen LogP contribution in [0.15, 0.2) is 95.7 Å². The molecule has 1 amide bonds. The van der Waals surface area contributed by atoms with Gasteiger partial charge in [0.15, 0.2) is 6.10 Å². The number of hydrogen-bond acceptors (Lipinski definition) is 5. The van der Waals surface area contributed by atoms with Crippen LogP contribution in [0, 0.1) is 0 Å². The number of benzene rings is 3. The summed E-state index contributed by atoms with van der Waals surface area (Å²) >= 11 is 3.38. The number of carbonyl (C=O) groups excluding carboxylic acids is 1. The molecule has 0 aliphatic heterocycles. The lowest BCUT2D eigenvalue weighted by atomic mass is 10.1. The van der Waals surface area contributed by atoms with E-state index in [1.807, 2.05) is 84.9 Å². The molecule has 0 spiro atoms. The lowest BCUT2D eigenvalue weighted by molar-refractivity contribution is -0.122. The van der Waals surface area contributed by atoms with Crippen molar-refractivity contribution in [1.82, 2.24) is 9.97 Å². The first-order valence-corrected chi connectivity index (χ1v) is 10.8. The zero-order chi connectivity index (χ0) is 22.3. The molecule has 0 fully saturated rings. The molecule has 1 heterocycles. The van der Waals surface area contributed by atoms with Crippen LogP contribution < -0.4 is 15.4 Å². The Kier molecular flexibility index (Phi) is 6.77. The smallest absolute Gasteiger partial charge is 0.265 e. The van der Waals surface area contributed by atoms with Crippen LogP contribution in [0.1, 0.15) is 6.92 Å². The molecule has 32 heavy (non-hydrogen) atoms. The minimum Gasteiger partial charge on any atom is -0.481 e. The molecule has 1 atom stereocenters. The molecule has 0 bridgehead atoms. The van der Waals surface area contributed by atoms with E-state index in [4.69, 9.17) is 4.74 Å². The maximum absolute atomic E-state index is 12.5. The Balaban J connectivity index is 1.36. The standard InChI is InChI=1S/C25H21BrN4O2/c1-17(32-22-13-7-19(26)8-14-22)25(31)30-21-11-9-20(10-12-21)29-24-15-23(27-16-28-24)18-5-3-2-4-6-18/h2-17H,1H3,(H,30,31)(H,27,28,29). The zero-order valence-electron chi connectivity index (χ0n) is 17.3. The van der Waals surface area contributed by atoms with Gasteiger partial charge in [-0.15, -0.1) is 0 Å². The Morgan fingerprint density at radius 1 is 0.906 bits per heavy atom. The van der Waals surface area contributed by atoms with Crippen LogP contribution in [0.3, 0.4) is 0 Å². The van der Waals surface area contributed by atoms with Gasteiger partial charge in [-0.1, -0.05) is 46.3 Å². The van der Waals surface area contributed by atoms with Gasteiger partial charge >= 0.3 is 0 Å². The number of halogens is 1. The summed E-state index contributed by atoms with van der Waals surface area (Å²) in [7, 11) is 0. The van der Waals surface area contributed by atoms with E-state index in [9.17, 15) is 4.79 Å². The zero-order valence-corrected chi connectivity index (χ0v) is 18.9. The predicted octanol–water partition coefficient (Wildman–Crippen LogP) is 6.06. The average molecular weight is 489 g/mol. The van der Waals surface area contributed by atoms with Gasteiger partial charge in [-0.25, -0.2) is 9.97 Å². The van der Waals surface area contributed by atoms with Crippen LogP contribution in [0.5, 0.6) is 5.75 Å². The lowest BCUT2D eigenvalue weighted by Gasteiger charge is -2.15. The number of rotatable bonds is 7. The van der Waals surface area contributed by atoms with Crippen LogP contribution in [0.4, 0.5) is 17.2 Å². The summed E-state index contributed by atoms with van der Waals surface area (Å²) in [5.74, 6) is 1.10. The van der Waals surface area contributed by atoms with Crippen molar-refractivity contribution in [2.45, 2.75) is 13.0 Å². The number of hydrogen-bond donors (Lipinski definition) is 2. The Morgan fingerprint density at radius 3 is 2.31 bits per heavy atom. The van der Waals surface area contributed by atoms with Gasteiger partial charge in [0.25, 0.3) is 5.91 Å². The van der Waals surface area contributed by atoms with Crippen LogP contribution >= 0.6 is 15.9 Å². The Bertz CT molecular complexity index is 1180. The summed E-state index contributed by atoms with van der Waals surface area (Å²) in [6.45, 7) is 1.72. The van der Waals surface area contributed by atoms with E-state index in [2.05, 4.69) is 36.5 Å². The molecule has 4 rings (SSSR count). The van der Waals surface area contributed by atoms with Gasteiger partial charge in [-0.2, -0.15) is 0 Å². The Morgan fingerprint density at radius 2 is 1.59 bits per heavy atom. The third-order valence-corrected chi connectivity index (χ3v) is 5.19. The summed E-state index contributed by atoms with van der Waals surface area (Å²) in [4.78, 5) is 21.1. The quantitative estimate of drug-likeness (QED) is 0.330. The fraction of sp³-hybridized carbons (Fsp3) is 0.0800. The number of anilines is 3. The molecule has 160 valence electrons. The second kappa shape index (κ2) is 10.1. The van der Waals surface area contributed by atoms with Gasteiger partial charge in [0.1, 0.15) is 17.9 Å². The fourth-order valence-electron chi connectivity index (χ4n) is 2.99. The number of nitrogens with zero attached hydrogens (tertiary/aromatic N) is 2. The van der Waals surface area contributed by atoms with E-state index in [-0.39, 0.29) is 5.91 Å².